The third kappa shape index (κ3) is 4.18. The molecule has 1 aromatic heterocycles. The SMILES string of the molecule is Cl.O=c1[nH]c(-c2ccc(F)cc2)c(CCN2CCCCC2)s1. The number of H-pyrrole nitrogens is 1. The van der Waals surface area contributed by atoms with Crippen molar-refractivity contribution in [2.75, 3.05) is 19.6 Å². The predicted molar refractivity (Wildman–Crippen MR) is 91.6 cm³/mol. The summed E-state index contributed by atoms with van der Waals surface area (Å²) in [6.07, 6.45) is 4.74. The van der Waals surface area contributed by atoms with Crippen molar-refractivity contribution < 1.29 is 4.39 Å². The van der Waals surface area contributed by atoms with E-state index in [0.717, 1.165) is 42.2 Å². The fourth-order valence-corrected chi connectivity index (χ4v) is 3.67. The van der Waals surface area contributed by atoms with Crippen LogP contribution in [-0.2, 0) is 6.42 Å². The van der Waals surface area contributed by atoms with Gasteiger partial charge in [0.2, 0.25) is 0 Å². The summed E-state index contributed by atoms with van der Waals surface area (Å²) in [5.41, 5.74) is 1.73. The number of halogens is 2. The molecule has 1 aliphatic heterocycles. The predicted octanol–water partition coefficient (Wildman–Crippen LogP) is 3.69. The standard InChI is InChI=1S/C16H19FN2OS.ClH/c17-13-6-4-12(5-7-13)15-14(21-16(20)18-15)8-11-19-9-2-1-3-10-19;/h4-7H,1-3,8-11H2,(H,18,20);1H. The molecule has 1 aromatic carbocycles. The second kappa shape index (κ2) is 7.90. The fourth-order valence-electron chi connectivity index (χ4n) is 2.83. The Morgan fingerprint density at radius 3 is 2.50 bits per heavy atom. The summed E-state index contributed by atoms with van der Waals surface area (Å²) in [4.78, 5) is 18.1. The monoisotopic (exact) mass is 342 g/mol. The highest BCUT2D eigenvalue weighted by Crippen LogP contribution is 2.24. The van der Waals surface area contributed by atoms with E-state index in [0.29, 0.717) is 0 Å². The lowest BCUT2D eigenvalue weighted by Crippen LogP contribution is -2.31. The summed E-state index contributed by atoms with van der Waals surface area (Å²) >= 11 is 1.27. The van der Waals surface area contributed by atoms with Crippen molar-refractivity contribution in [3.8, 4) is 11.3 Å². The zero-order chi connectivity index (χ0) is 14.7. The van der Waals surface area contributed by atoms with Gasteiger partial charge in [-0.15, -0.1) is 12.4 Å². The Bertz CT molecular complexity index is 647. The van der Waals surface area contributed by atoms with Gasteiger partial charge in [-0.25, -0.2) is 4.39 Å². The van der Waals surface area contributed by atoms with Crippen LogP contribution in [0, 0.1) is 5.82 Å². The summed E-state index contributed by atoms with van der Waals surface area (Å²) in [7, 11) is 0. The number of thiazole rings is 1. The van der Waals surface area contributed by atoms with Crippen molar-refractivity contribution in [1.82, 2.24) is 9.88 Å². The first kappa shape index (κ1) is 17.2. The molecule has 0 saturated carbocycles. The Balaban J connectivity index is 0.00000176. The topological polar surface area (TPSA) is 36.1 Å². The average molecular weight is 343 g/mol. The molecule has 0 atom stereocenters. The van der Waals surface area contributed by atoms with Crippen LogP contribution in [0.1, 0.15) is 24.1 Å². The largest absolute Gasteiger partial charge is 0.312 e. The smallest absolute Gasteiger partial charge is 0.305 e. The van der Waals surface area contributed by atoms with E-state index >= 15 is 0 Å². The van der Waals surface area contributed by atoms with Gasteiger partial charge in [0.15, 0.2) is 0 Å². The minimum absolute atomic E-state index is 0. The molecule has 0 spiro atoms. The zero-order valence-corrected chi connectivity index (χ0v) is 13.9. The Kier molecular flexibility index (Phi) is 6.17. The van der Waals surface area contributed by atoms with Gasteiger partial charge in [0.25, 0.3) is 0 Å². The van der Waals surface area contributed by atoms with Gasteiger partial charge in [0.05, 0.1) is 5.69 Å². The molecule has 1 N–H and O–H groups in total. The number of rotatable bonds is 4. The van der Waals surface area contributed by atoms with Gasteiger partial charge in [-0.2, -0.15) is 0 Å². The number of nitrogens with one attached hydrogen (secondary N) is 1. The lowest BCUT2D eigenvalue weighted by atomic mass is 10.1. The normalized spacial score (nSPS) is 15.5. The van der Waals surface area contributed by atoms with Crippen LogP contribution in [0.4, 0.5) is 4.39 Å². The first-order valence-corrected chi connectivity index (χ1v) is 8.24. The molecule has 0 amide bonds. The molecule has 1 saturated heterocycles. The van der Waals surface area contributed by atoms with Gasteiger partial charge in [0.1, 0.15) is 5.82 Å². The van der Waals surface area contributed by atoms with Crippen molar-refractivity contribution in [1.29, 1.82) is 0 Å². The Morgan fingerprint density at radius 2 is 1.82 bits per heavy atom. The number of benzene rings is 1. The number of nitrogens with zero attached hydrogens (tertiary/aromatic N) is 1. The maximum atomic E-state index is 13.0. The molecule has 3 nitrogen and oxygen atoms in total. The van der Waals surface area contributed by atoms with E-state index in [2.05, 4.69) is 9.88 Å². The van der Waals surface area contributed by atoms with Crippen LogP contribution in [0.5, 0.6) is 0 Å². The van der Waals surface area contributed by atoms with Crippen molar-refractivity contribution >= 4 is 23.7 Å². The first-order valence-electron chi connectivity index (χ1n) is 7.42. The second-order valence-corrected chi connectivity index (χ2v) is 6.54. The van der Waals surface area contributed by atoms with Crippen LogP contribution in [0.25, 0.3) is 11.3 Å². The fraction of sp³-hybridized carbons (Fsp3) is 0.438. The summed E-state index contributed by atoms with van der Waals surface area (Å²) in [5.74, 6) is -0.258. The summed E-state index contributed by atoms with van der Waals surface area (Å²) < 4.78 is 13.0. The summed E-state index contributed by atoms with van der Waals surface area (Å²) in [6.45, 7) is 3.30. The van der Waals surface area contributed by atoms with Gasteiger partial charge in [0, 0.05) is 11.4 Å². The van der Waals surface area contributed by atoms with Gasteiger partial charge in [-0.05, 0) is 62.2 Å². The molecule has 120 valence electrons. The number of likely N-dealkylation sites (tertiary alicyclic amines) is 1. The van der Waals surface area contributed by atoms with Gasteiger partial charge < -0.3 is 9.88 Å². The van der Waals surface area contributed by atoms with E-state index in [1.807, 2.05) is 0 Å². The summed E-state index contributed by atoms with van der Waals surface area (Å²) in [5, 5.41) is 0. The average Bonchev–Trinajstić information content (AvgIpc) is 2.88. The van der Waals surface area contributed by atoms with E-state index < -0.39 is 0 Å². The van der Waals surface area contributed by atoms with Gasteiger partial charge >= 0.3 is 4.87 Å². The molecule has 1 aliphatic rings. The highest BCUT2D eigenvalue weighted by Gasteiger charge is 2.14. The van der Waals surface area contributed by atoms with Crippen molar-refractivity contribution in [3.63, 3.8) is 0 Å². The third-order valence-electron chi connectivity index (χ3n) is 3.96. The minimum atomic E-state index is -0.258. The van der Waals surface area contributed by atoms with E-state index in [1.54, 1.807) is 12.1 Å². The van der Waals surface area contributed by atoms with Crippen molar-refractivity contribution in [2.45, 2.75) is 25.7 Å². The molecule has 6 heteroatoms. The highest BCUT2D eigenvalue weighted by molar-refractivity contribution is 7.09. The van der Waals surface area contributed by atoms with Crippen LogP contribution >= 0.6 is 23.7 Å². The van der Waals surface area contributed by atoms with Crippen LogP contribution in [0.2, 0.25) is 0 Å². The molecule has 22 heavy (non-hydrogen) atoms. The molecule has 0 radical (unpaired) electrons. The van der Waals surface area contributed by atoms with Crippen LogP contribution in [0.3, 0.4) is 0 Å². The van der Waals surface area contributed by atoms with E-state index in [4.69, 9.17) is 0 Å². The molecule has 0 bridgehead atoms. The molecular weight excluding hydrogens is 323 g/mol. The molecule has 3 rings (SSSR count). The van der Waals surface area contributed by atoms with Crippen molar-refractivity contribution in [3.05, 3.63) is 44.6 Å². The lowest BCUT2D eigenvalue weighted by molar-refractivity contribution is 0.232. The quantitative estimate of drug-likeness (QED) is 0.919. The number of aromatic nitrogens is 1. The first-order chi connectivity index (χ1) is 10.2. The number of hydrogen-bond donors (Lipinski definition) is 1. The van der Waals surface area contributed by atoms with Crippen LogP contribution < -0.4 is 4.87 Å². The van der Waals surface area contributed by atoms with Gasteiger partial charge in [-0.1, -0.05) is 17.8 Å². The molecule has 0 aliphatic carbocycles. The minimum Gasteiger partial charge on any atom is -0.312 e. The van der Waals surface area contributed by atoms with Crippen LogP contribution in [-0.4, -0.2) is 29.5 Å². The maximum Gasteiger partial charge on any atom is 0.305 e. The number of hydrogen-bond acceptors (Lipinski definition) is 3. The Morgan fingerprint density at radius 1 is 1.14 bits per heavy atom. The maximum absolute atomic E-state index is 13.0. The third-order valence-corrected chi connectivity index (χ3v) is 4.90. The van der Waals surface area contributed by atoms with E-state index in [1.165, 1.54) is 42.7 Å². The lowest BCUT2D eigenvalue weighted by Gasteiger charge is -2.26. The molecular formula is C16H20ClFN2OS. The summed E-state index contributed by atoms with van der Waals surface area (Å²) in [6, 6.07) is 6.30. The second-order valence-electron chi connectivity index (χ2n) is 5.47. The zero-order valence-electron chi connectivity index (χ0n) is 12.3. The van der Waals surface area contributed by atoms with Gasteiger partial charge in [-0.3, -0.25) is 4.79 Å². The Labute approximate surface area is 139 Å². The van der Waals surface area contributed by atoms with E-state index in [9.17, 15) is 9.18 Å². The van der Waals surface area contributed by atoms with Crippen LogP contribution in [0.15, 0.2) is 29.1 Å². The molecule has 1 fully saturated rings. The Hall–Kier alpha value is -1.17. The highest BCUT2D eigenvalue weighted by atomic mass is 35.5. The number of aromatic amines is 1. The van der Waals surface area contributed by atoms with Crippen molar-refractivity contribution in [2.24, 2.45) is 0 Å². The molecule has 2 aromatic rings. The molecule has 2 heterocycles. The van der Waals surface area contributed by atoms with E-state index in [-0.39, 0.29) is 23.1 Å². The number of piperidine rings is 1. The molecule has 0 unspecified atom stereocenters.